The molecule has 2 N–H and O–H groups in total. The van der Waals surface area contributed by atoms with Gasteiger partial charge in [0.15, 0.2) is 5.58 Å². The number of hydrogen-bond acceptors (Lipinski definition) is 4. The Balaban J connectivity index is 1.65. The van der Waals surface area contributed by atoms with Crippen molar-refractivity contribution in [1.29, 1.82) is 0 Å². The summed E-state index contributed by atoms with van der Waals surface area (Å²) in [6.07, 6.45) is 0. The Kier molecular flexibility index (Phi) is 3.65. The molecule has 0 aliphatic carbocycles. The molecule has 3 nitrogen and oxygen atoms in total. The van der Waals surface area contributed by atoms with Crippen molar-refractivity contribution < 1.29 is 4.42 Å². The summed E-state index contributed by atoms with van der Waals surface area (Å²) in [5.74, 6) is 2.48. The van der Waals surface area contributed by atoms with Crippen molar-refractivity contribution in [2.75, 3.05) is 5.73 Å². The van der Waals surface area contributed by atoms with Crippen LogP contribution in [0.25, 0.3) is 11.1 Å². The van der Waals surface area contributed by atoms with E-state index in [2.05, 4.69) is 36.2 Å². The smallest absolute Gasteiger partial charge is 0.205 e. The van der Waals surface area contributed by atoms with Crippen LogP contribution in [0, 0.1) is 6.92 Å². The fourth-order valence-electron chi connectivity index (χ4n) is 2.11. The van der Waals surface area contributed by atoms with Gasteiger partial charge in [-0.15, -0.1) is 11.8 Å². The van der Waals surface area contributed by atoms with Crippen LogP contribution >= 0.6 is 11.8 Å². The monoisotopic (exact) mass is 284 g/mol. The molecule has 0 radical (unpaired) electrons. The molecular formula is C16H16N2OS. The number of nitrogen functional groups attached to an aromatic ring is 1. The van der Waals surface area contributed by atoms with E-state index in [4.69, 9.17) is 10.2 Å². The number of benzene rings is 2. The zero-order valence-corrected chi connectivity index (χ0v) is 12.1. The van der Waals surface area contributed by atoms with E-state index >= 15 is 0 Å². The van der Waals surface area contributed by atoms with E-state index in [-0.39, 0.29) is 0 Å². The van der Waals surface area contributed by atoms with Gasteiger partial charge in [-0.1, -0.05) is 29.8 Å². The van der Waals surface area contributed by atoms with Crippen molar-refractivity contribution >= 4 is 28.5 Å². The summed E-state index contributed by atoms with van der Waals surface area (Å²) < 4.78 is 5.70. The number of aryl methyl sites for hydroxylation is 1. The van der Waals surface area contributed by atoms with Crippen molar-refractivity contribution in [2.45, 2.75) is 18.4 Å². The minimum atomic E-state index is 0.713. The summed E-state index contributed by atoms with van der Waals surface area (Å²) in [5.41, 5.74) is 10.7. The van der Waals surface area contributed by atoms with Crippen molar-refractivity contribution in [3.8, 4) is 0 Å². The zero-order chi connectivity index (χ0) is 13.9. The minimum Gasteiger partial charge on any atom is -0.440 e. The van der Waals surface area contributed by atoms with Crippen LogP contribution in [-0.4, -0.2) is 4.98 Å². The molecule has 1 aromatic heterocycles. The molecule has 2 aromatic carbocycles. The highest BCUT2D eigenvalue weighted by Crippen LogP contribution is 2.23. The highest BCUT2D eigenvalue weighted by Gasteiger charge is 2.06. The van der Waals surface area contributed by atoms with E-state index in [1.165, 1.54) is 11.1 Å². The van der Waals surface area contributed by atoms with Crippen LogP contribution in [0.1, 0.15) is 17.0 Å². The van der Waals surface area contributed by atoms with Gasteiger partial charge >= 0.3 is 0 Å². The summed E-state index contributed by atoms with van der Waals surface area (Å²) in [7, 11) is 0. The first-order valence-corrected chi connectivity index (χ1v) is 7.64. The average molecular weight is 284 g/mol. The molecule has 0 atom stereocenters. The number of oxazole rings is 1. The summed E-state index contributed by atoms with van der Waals surface area (Å²) in [4.78, 5) is 4.45. The van der Waals surface area contributed by atoms with Crippen molar-refractivity contribution in [3.63, 3.8) is 0 Å². The van der Waals surface area contributed by atoms with Crippen molar-refractivity contribution in [1.82, 2.24) is 4.98 Å². The van der Waals surface area contributed by atoms with E-state index in [1.54, 1.807) is 11.8 Å². The molecule has 0 amide bonds. The summed E-state index contributed by atoms with van der Waals surface area (Å²) >= 11 is 1.80. The van der Waals surface area contributed by atoms with Crippen LogP contribution in [0.5, 0.6) is 0 Å². The van der Waals surface area contributed by atoms with Gasteiger partial charge in [-0.05, 0) is 30.7 Å². The van der Waals surface area contributed by atoms with Gasteiger partial charge in [0, 0.05) is 11.4 Å². The van der Waals surface area contributed by atoms with E-state index in [0.717, 1.165) is 28.5 Å². The largest absolute Gasteiger partial charge is 0.440 e. The molecule has 0 unspecified atom stereocenters. The summed E-state index contributed by atoms with van der Waals surface area (Å²) in [6, 6.07) is 14.1. The number of fused-ring (bicyclic) bond motifs is 1. The lowest BCUT2D eigenvalue weighted by Gasteiger charge is -2.00. The number of hydrogen-bond donors (Lipinski definition) is 1. The van der Waals surface area contributed by atoms with E-state index in [0.29, 0.717) is 5.69 Å². The molecule has 20 heavy (non-hydrogen) atoms. The Morgan fingerprint density at radius 1 is 1.15 bits per heavy atom. The number of nitrogens with zero attached hydrogens (tertiary/aromatic N) is 1. The molecule has 0 spiro atoms. The summed E-state index contributed by atoms with van der Waals surface area (Å²) in [6.45, 7) is 2.11. The van der Waals surface area contributed by atoms with E-state index in [9.17, 15) is 0 Å². The van der Waals surface area contributed by atoms with Gasteiger partial charge in [0.05, 0.1) is 5.75 Å². The van der Waals surface area contributed by atoms with E-state index < -0.39 is 0 Å². The van der Waals surface area contributed by atoms with Gasteiger partial charge in [-0.25, -0.2) is 4.98 Å². The van der Waals surface area contributed by atoms with Crippen LogP contribution in [-0.2, 0) is 11.5 Å². The second kappa shape index (κ2) is 5.59. The molecule has 0 bridgehead atoms. The van der Waals surface area contributed by atoms with Crippen LogP contribution in [0.15, 0.2) is 46.9 Å². The SMILES string of the molecule is Cc1cccc(CSCc2nc3cc(N)ccc3o2)c1. The van der Waals surface area contributed by atoms with Crippen molar-refractivity contribution in [2.24, 2.45) is 0 Å². The molecule has 3 aromatic rings. The highest BCUT2D eigenvalue weighted by molar-refractivity contribution is 7.97. The molecule has 0 saturated heterocycles. The van der Waals surface area contributed by atoms with Gasteiger partial charge in [0.25, 0.3) is 0 Å². The fourth-order valence-corrected chi connectivity index (χ4v) is 2.93. The third-order valence-electron chi connectivity index (χ3n) is 3.03. The molecule has 102 valence electrons. The number of thioether (sulfide) groups is 1. The Morgan fingerprint density at radius 2 is 2.05 bits per heavy atom. The molecule has 3 rings (SSSR count). The number of anilines is 1. The highest BCUT2D eigenvalue weighted by atomic mass is 32.2. The maximum atomic E-state index is 5.74. The first-order valence-electron chi connectivity index (χ1n) is 6.49. The van der Waals surface area contributed by atoms with Gasteiger partial charge in [-0.3, -0.25) is 0 Å². The quantitative estimate of drug-likeness (QED) is 0.731. The predicted octanol–water partition coefficient (Wildman–Crippen LogP) is 4.15. The van der Waals surface area contributed by atoms with Crippen LogP contribution in [0.4, 0.5) is 5.69 Å². The van der Waals surface area contributed by atoms with Gasteiger partial charge in [-0.2, -0.15) is 0 Å². The second-order valence-corrected chi connectivity index (χ2v) is 5.80. The summed E-state index contributed by atoms with van der Waals surface area (Å²) in [5, 5.41) is 0. The standard InChI is InChI=1S/C16H16N2OS/c1-11-3-2-4-12(7-11)9-20-10-16-18-14-8-13(17)5-6-15(14)19-16/h2-8H,9-10,17H2,1H3. The Morgan fingerprint density at radius 3 is 2.90 bits per heavy atom. The lowest BCUT2D eigenvalue weighted by Crippen LogP contribution is -1.84. The Bertz CT molecular complexity index is 736. The van der Waals surface area contributed by atoms with Crippen LogP contribution < -0.4 is 5.73 Å². The minimum absolute atomic E-state index is 0.713. The van der Waals surface area contributed by atoms with Gasteiger partial charge < -0.3 is 10.2 Å². The molecule has 1 heterocycles. The van der Waals surface area contributed by atoms with Crippen LogP contribution in [0.3, 0.4) is 0 Å². The maximum Gasteiger partial charge on any atom is 0.205 e. The molecule has 0 saturated carbocycles. The third-order valence-corrected chi connectivity index (χ3v) is 4.02. The van der Waals surface area contributed by atoms with Gasteiger partial charge in [0.1, 0.15) is 5.52 Å². The molecule has 4 heteroatoms. The first-order chi connectivity index (χ1) is 9.70. The Labute approximate surface area is 122 Å². The lowest BCUT2D eigenvalue weighted by atomic mass is 10.2. The second-order valence-electron chi connectivity index (χ2n) is 4.82. The lowest BCUT2D eigenvalue weighted by molar-refractivity contribution is 0.556. The number of nitrogens with two attached hydrogens (primary N) is 1. The average Bonchev–Trinajstić information content (AvgIpc) is 2.80. The Hall–Kier alpha value is -1.94. The van der Waals surface area contributed by atoms with E-state index in [1.807, 2.05) is 18.2 Å². The van der Waals surface area contributed by atoms with Crippen LogP contribution in [0.2, 0.25) is 0 Å². The van der Waals surface area contributed by atoms with Gasteiger partial charge in [0.2, 0.25) is 5.89 Å². The predicted molar refractivity (Wildman–Crippen MR) is 84.6 cm³/mol. The molecule has 0 aliphatic rings. The fraction of sp³-hybridized carbons (Fsp3) is 0.188. The molecular weight excluding hydrogens is 268 g/mol. The van der Waals surface area contributed by atoms with Crippen molar-refractivity contribution in [3.05, 3.63) is 59.5 Å². The normalized spacial score (nSPS) is 11.1. The topological polar surface area (TPSA) is 52.0 Å². The number of rotatable bonds is 4. The maximum absolute atomic E-state index is 5.74. The first kappa shape index (κ1) is 13.1. The third kappa shape index (κ3) is 2.96. The zero-order valence-electron chi connectivity index (χ0n) is 11.3. The molecule has 0 aliphatic heterocycles. The number of aromatic nitrogens is 1. The molecule has 0 fully saturated rings.